The zero-order chi connectivity index (χ0) is 21.5. The van der Waals surface area contributed by atoms with Crippen LogP contribution in [0.25, 0.3) is 22.5 Å². The van der Waals surface area contributed by atoms with Gasteiger partial charge in [0.25, 0.3) is 0 Å². The summed E-state index contributed by atoms with van der Waals surface area (Å²) in [5, 5.41) is 4.05. The van der Waals surface area contributed by atoms with E-state index < -0.39 is 0 Å². The molecule has 0 aliphatic rings. The lowest BCUT2D eigenvalue weighted by molar-refractivity contribution is -0.121. The number of carbonyl (C=O) groups excluding carboxylic acids is 1. The molecule has 1 amide bonds. The third-order valence-electron chi connectivity index (χ3n) is 4.78. The molecule has 1 N–H and O–H groups in total. The number of hydrogen-bond acceptors (Lipinski definition) is 3. The lowest BCUT2D eigenvalue weighted by atomic mass is 10.0. The van der Waals surface area contributed by atoms with Crippen LogP contribution in [0.15, 0.2) is 101 Å². The molecule has 1 heterocycles. The van der Waals surface area contributed by atoms with E-state index in [0.717, 1.165) is 32.6 Å². The first-order valence-corrected chi connectivity index (χ1v) is 10.7. The van der Waals surface area contributed by atoms with E-state index in [-0.39, 0.29) is 5.91 Å². The SMILES string of the molecule is O=C(CCn1cnc(-c2ccccc2)c1-c1ccccc1)N/N=C/c1ccc(Br)cc1. The van der Waals surface area contributed by atoms with Crippen LogP contribution in [-0.2, 0) is 11.3 Å². The van der Waals surface area contributed by atoms with Crippen molar-refractivity contribution in [1.29, 1.82) is 0 Å². The van der Waals surface area contributed by atoms with Crippen LogP contribution in [0.1, 0.15) is 12.0 Å². The molecule has 1 aromatic heterocycles. The highest BCUT2D eigenvalue weighted by atomic mass is 79.9. The Morgan fingerprint density at radius 1 is 0.935 bits per heavy atom. The molecule has 3 aromatic carbocycles. The Balaban J connectivity index is 1.47. The zero-order valence-electron chi connectivity index (χ0n) is 16.8. The summed E-state index contributed by atoms with van der Waals surface area (Å²) in [5.74, 6) is -0.151. The first-order valence-electron chi connectivity index (χ1n) is 9.94. The predicted molar refractivity (Wildman–Crippen MR) is 128 cm³/mol. The van der Waals surface area contributed by atoms with Gasteiger partial charge in [0.1, 0.15) is 0 Å². The van der Waals surface area contributed by atoms with Crippen molar-refractivity contribution < 1.29 is 4.79 Å². The van der Waals surface area contributed by atoms with Crippen molar-refractivity contribution >= 4 is 28.1 Å². The quantitative estimate of drug-likeness (QED) is 0.284. The number of hydrogen-bond donors (Lipinski definition) is 1. The van der Waals surface area contributed by atoms with Crippen LogP contribution in [0, 0.1) is 0 Å². The summed E-state index contributed by atoms with van der Waals surface area (Å²) >= 11 is 3.40. The van der Waals surface area contributed by atoms with Gasteiger partial charge in [0.2, 0.25) is 5.91 Å². The van der Waals surface area contributed by atoms with Crippen molar-refractivity contribution in [2.45, 2.75) is 13.0 Å². The van der Waals surface area contributed by atoms with Crippen LogP contribution in [0.2, 0.25) is 0 Å². The maximum absolute atomic E-state index is 12.3. The van der Waals surface area contributed by atoms with Crippen LogP contribution >= 0.6 is 15.9 Å². The smallest absolute Gasteiger partial charge is 0.241 e. The first-order chi connectivity index (χ1) is 15.2. The van der Waals surface area contributed by atoms with E-state index in [2.05, 4.69) is 43.6 Å². The first kappa shape index (κ1) is 20.8. The fourth-order valence-electron chi connectivity index (χ4n) is 3.26. The van der Waals surface area contributed by atoms with E-state index in [9.17, 15) is 4.79 Å². The van der Waals surface area contributed by atoms with E-state index in [4.69, 9.17) is 0 Å². The molecule has 5 nitrogen and oxygen atoms in total. The lowest BCUT2D eigenvalue weighted by Gasteiger charge is -2.10. The van der Waals surface area contributed by atoms with E-state index >= 15 is 0 Å². The molecule has 0 spiro atoms. The van der Waals surface area contributed by atoms with Gasteiger partial charge in [0.15, 0.2) is 0 Å². The maximum atomic E-state index is 12.3. The fourth-order valence-corrected chi connectivity index (χ4v) is 3.53. The lowest BCUT2D eigenvalue weighted by Crippen LogP contribution is -2.19. The van der Waals surface area contributed by atoms with Gasteiger partial charge in [-0.25, -0.2) is 10.4 Å². The molecule has 31 heavy (non-hydrogen) atoms. The van der Waals surface area contributed by atoms with Crippen molar-refractivity contribution in [1.82, 2.24) is 15.0 Å². The van der Waals surface area contributed by atoms with Crippen molar-refractivity contribution in [3.05, 3.63) is 101 Å². The minimum absolute atomic E-state index is 0.151. The molecule has 0 saturated carbocycles. The van der Waals surface area contributed by atoms with Crippen LogP contribution in [0.4, 0.5) is 0 Å². The second kappa shape index (κ2) is 10.00. The Bertz CT molecular complexity index is 1170. The Kier molecular flexibility index (Phi) is 6.69. The second-order valence-electron chi connectivity index (χ2n) is 6.96. The van der Waals surface area contributed by atoms with Crippen LogP contribution in [0.3, 0.4) is 0 Å². The predicted octanol–water partition coefficient (Wildman–Crippen LogP) is 5.52. The Morgan fingerprint density at radius 3 is 2.26 bits per heavy atom. The molecule has 0 fully saturated rings. The second-order valence-corrected chi connectivity index (χ2v) is 7.88. The fraction of sp³-hybridized carbons (Fsp3) is 0.0800. The summed E-state index contributed by atoms with van der Waals surface area (Å²) in [5.41, 5.74) is 7.52. The summed E-state index contributed by atoms with van der Waals surface area (Å²) in [6.07, 6.45) is 3.72. The third-order valence-corrected chi connectivity index (χ3v) is 5.31. The van der Waals surface area contributed by atoms with Gasteiger partial charge in [-0.1, -0.05) is 88.7 Å². The van der Waals surface area contributed by atoms with Crippen molar-refractivity contribution in [3.8, 4) is 22.5 Å². The minimum atomic E-state index is -0.151. The molecule has 0 radical (unpaired) electrons. The number of nitrogens with zero attached hydrogens (tertiary/aromatic N) is 3. The number of halogens is 1. The molecule has 6 heteroatoms. The monoisotopic (exact) mass is 472 g/mol. The number of carbonyl (C=O) groups is 1. The normalized spacial score (nSPS) is 11.0. The van der Waals surface area contributed by atoms with Gasteiger partial charge in [0, 0.05) is 28.6 Å². The molecule has 0 unspecified atom stereocenters. The number of aromatic nitrogens is 2. The molecule has 0 saturated heterocycles. The van der Waals surface area contributed by atoms with E-state index in [1.165, 1.54) is 0 Å². The maximum Gasteiger partial charge on any atom is 0.241 e. The van der Waals surface area contributed by atoms with Gasteiger partial charge in [-0.2, -0.15) is 5.10 Å². The highest BCUT2D eigenvalue weighted by Crippen LogP contribution is 2.31. The van der Waals surface area contributed by atoms with Gasteiger partial charge >= 0.3 is 0 Å². The highest BCUT2D eigenvalue weighted by molar-refractivity contribution is 9.10. The third kappa shape index (κ3) is 5.35. The number of benzene rings is 3. The summed E-state index contributed by atoms with van der Waals surface area (Å²) in [4.78, 5) is 17.0. The van der Waals surface area contributed by atoms with Crippen molar-refractivity contribution in [2.24, 2.45) is 5.10 Å². The minimum Gasteiger partial charge on any atom is -0.330 e. The van der Waals surface area contributed by atoms with Gasteiger partial charge in [-0.15, -0.1) is 0 Å². The molecule has 4 rings (SSSR count). The number of rotatable bonds is 7. The van der Waals surface area contributed by atoms with E-state index in [1.807, 2.05) is 77.4 Å². The number of nitrogens with one attached hydrogen (secondary N) is 1. The van der Waals surface area contributed by atoms with Crippen LogP contribution < -0.4 is 5.43 Å². The van der Waals surface area contributed by atoms with Gasteiger partial charge in [-0.3, -0.25) is 4.79 Å². The standard InChI is InChI=1S/C25H21BrN4O/c26-22-13-11-19(12-14-22)17-28-29-23(31)15-16-30-18-27-24(20-7-3-1-4-8-20)25(30)21-9-5-2-6-10-21/h1-14,17-18H,15-16H2,(H,29,31)/b28-17+. The number of amides is 1. The summed E-state index contributed by atoms with van der Waals surface area (Å²) in [7, 11) is 0. The summed E-state index contributed by atoms with van der Waals surface area (Å²) in [6.45, 7) is 0.504. The molecule has 0 aliphatic heterocycles. The van der Waals surface area contributed by atoms with Gasteiger partial charge < -0.3 is 4.57 Å². The number of aryl methyl sites for hydroxylation is 1. The number of hydrazone groups is 1. The Hall–Kier alpha value is -3.51. The average Bonchev–Trinajstić information content (AvgIpc) is 3.24. The average molecular weight is 473 g/mol. The summed E-state index contributed by atoms with van der Waals surface area (Å²) in [6, 6.07) is 27.9. The molecule has 0 atom stereocenters. The van der Waals surface area contributed by atoms with Crippen LogP contribution in [-0.4, -0.2) is 21.7 Å². The number of imidazole rings is 1. The largest absolute Gasteiger partial charge is 0.330 e. The summed E-state index contributed by atoms with van der Waals surface area (Å²) < 4.78 is 3.02. The molecule has 154 valence electrons. The van der Waals surface area contributed by atoms with E-state index in [0.29, 0.717) is 13.0 Å². The topological polar surface area (TPSA) is 59.3 Å². The Labute approximate surface area is 189 Å². The molecule has 0 aliphatic carbocycles. The van der Waals surface area contributed by atoms with Gasteiger partial charge in [-0.05, 0) is 17.7 Å². The Morgan fingerprint density at radius 2 is 1.58 bits per heavy atom. The highest BCUT2D eigenvalue weighted by Gasteiger charge is 2.15. The van der Waals surface area contributed by atoms with Crippen LogP contribution in [0.5, 0.6) is 0 Å². The van der Waals surface area contributed by atoms with Crippen molar-refractivity contribution in [2.75, 3.05) is 0 Å². The molecule has 0 bridgehead atoms. The zero-order valence-corrected chi connectivity index (χ0v) is 18.4. The molecular formula is C25H21BrN4O. The molecular weight excluding hydrogens is 452 g/mol. The van der Waals surface area contributed by atoms with Crippen molar-refractivity contribution in [3.63, 3.8) is 0 Å². The van der Waals surface area contributed by atoms with E-state index in [1.54, 1.807) is 12.5 Å². The molecule has 4 aromatic rings. The van der Waals surface area contributed by atoms with Gasteiger partial charge in [0.05, 0.1) is 23.9 Å².